The third kappa shape index (κ3) is 2.97. The molecule has 0 atom stereocenters. The maximum Gasteiger partial charge on any atom is 0.0936 e. The van der Waals surface area contributed by atoms with E-state index >= 15 is 0 Å². The van der Waals surface area contributed by atoms with Crippen molar-refractivity contribution in [2.45, 2.75) is 5.41 Å². The highest BCUT2D eigenvalue weighted by atomic mass is 15.1. The van der Waals surface area contributed by atoms with E-state index in [9.17, 15) is 0 Å². The standard InChI is InChI=1S/C39H24N2/c1-2-12-27-25(10-1)11-9-16-32(27)38-23-22-37(40-41-38)26-20-21-31-30-15-5-8-19-35(30)39(36(31)24-26)33-17-6-3-13-28(33)29-14-4-7-18-34(29)39/h1-24H. The Morgan fingerprint density at radius 2 is 0.878 bits per heavy atom. The van der Waals surface area contributed by atoms with Gasteiger partial charge in [-0.1, -0.05) is 127 Å². The third-order valence-corrected chi connectivity index (χ3v) is 9.02. The molecule has 0 bridgehead atoms. The summed E-state index contributed by atoms with van der Waals surface area (Å²) in [7, 11) is 0. The second kappa shape index (κ2) is 8.33. The second-order valence-electron chi connectivity index (χ2n) is 11.0. The van der Waals surface area contributed by atoms with Crippen molar-refractivity contribution in [1.82, 2.24) is 10.2 Å². The lowest BCUT2D eigenvalue weighted by atomic mass is 9.70. The molecule has 1 heterocycles. The maximum absolute atomic E-state index is 4.76. The molecule has 9 rings (SSSR count). The lowest BCUT2D eigenvalue weighted by molar-refractivity contribution is 0.794. The van der Waals surface area contributed by atoms with Crippen LogP contribution in [0.15, 0.2) is 146 Å². The van der Waals surface area contributed by atoms with Gasteiger partial charge in [-0.3, -0.25) is 0 Å². The van der Waals surface area contributed by atoms with E-state index in [1.807, 2.05) is 0 Å². The molecule has 0 saturated carbocycles. The summed E-state index contributed by atoms with van der Waals surface area (Å²) in [5.74, 6) is 0. The number of nitrogens with zero attached hydrogens (tertiary/aromatic N) is 2. The van der Waals surface area contributed by atoms with Crippen LogP contribution < -0.4 is 0 Å². The Bertz CT molecular complexity index is 2090. The van der Waals surface area contributed by atoms with Gasteiger partial charge < -0.3 is 0 Å². The Morgan fingerprint density at radius 3 is 1.54 bits per heavy atom. The van der Waals surface area contributed by atoms with Crippen molar-refractivity contribution in [3.8, 4) is 44.8 Å². The third-order valence-electron chi connectivity index (χ3n) is 9.02. The van der Waals surface area contributed by atoms with Gasteiger partial charge in [0.2, 0.25) is 0 Å². The van der Waals surface area contributed by atoms with E-state index in [2.05, 4.69) is 146 Å². The minimum absolute atomic E-state index is 0.356. The Kier molecular flexibility index (Phi) is 4.57. The zero-order valence-corrected chi connectivity index (χ0v) is 22.3. The Balaban J connectivity index is 1.24. The molecule has 0 amide bonds. The van der Waals surface area contributed by atoms with Crippen LogP contribution in [-0.2, 0) is 5.41 Å². The van der Waals surface area contributed by atoms with Crippen molar-refractivity contribution in [1.29, 1.82) is 0 Å². The van der Waals surface area contributed by atoms with Gasteiger partial charge in [0.15, 0.2) is 0 Å². The molecule has 41 heavy (non-hydrogen) atoms. The van der Waals surface area contributed by atoms with Crippen molar-refractivity contribution >= 4 is 10.8 Å². The molecule has 0 fully saturated rings. The Hall–Kier alpha value is -5.34. The number of benzene rings is 6. The average Bonchev–Trinajstić information content (AvgIpc) is 3.52. The first-order chi connectivity index (χ1) is 20.3. The van der Waals surface area contributed by atoms with Gasteiger partial charge in [0.25, 0.3) is 0 Å². The minimum atomic E-state index is -0.356. The predicted octanol–water partition coefficient (Wildman–Crippen LogP) is 9.31. The van der Waals surface area contributed by atoms with Crippen LogP contribution in [0.5, 0.6) is 0 Å². The van der Waals surface area contributed by atoms with Gasteiger partial charge in [-0.25, -0.2) is 0 Å². The van der Waals surface area contributed by atoms with Gasteiger partial charge >= 0.3 is 0 Å². The van der Waals surface area contributed by atoms with Crippen LogP contribution in [0.4, 0.5) is 0 Å². The van der Waals surface area contributed by atoms with E-state index in [0.29, 0.717) is 0 Å². The van der Waals surface area contributed by atoms with Gasteiger partial charge in [-0.15, -0.1) is 10.2 Å². The lowest BCUT2D eigenvalue weighted by Crippen LogP contribution is -2.25. The van der Waals surface area contributed by atoms with Crippen LogP contribution in [0.2, 0.25) is 0 Å². The van der Waals surface area contributed by atoms with Crippen LogP contribution in [0.25, 0.3) is 55.5 Å². The highest BCUT2D eigenvalue weighted by molar-refractivity contribution is 5.97. The van der Waals surface area contributed by atoms with Crippen molar-refractivity contribution in [3.63, 3.8) is 0 Å². The molecule has 7 aromatic rings. The first kappa shape index (κ1) is 22.5. The Labute approximate surface area is 238 Å². The van der Waals surface area contributed by atoms with E-state index in [1.165, 1.54) is 55.3 Å². The molecule has 0 unspecified atom stereocenters. The summed E-state index contributed by atoms with van der Waals surface area (Å²) in [6, 6.07) is 52.5. The van der Waals surface area contributed by atoms with Gasteiger partial charge in [0.1, 0.15) is 0 Å². The van der Waals surface area contributed by atoms with E-state index in [-0.39, 0.29) is 5.41 Å². The monoisotopic (exact) mass is 520 g/mol. The minimum Gasteiger partial charge on any atom is -0.150 e. The van der Waals surface area contributed by atoms with Crippen molar-refractivity contribution in [3.05, 3.63) is 168 Å². The molecular weight excluding hydrogens is 496 g/mol. The van der Waals surface area contributed by atoms with E-state index in [4.69, 9.17) is 10.2 Å². The molecule has 2 nitrogen and oxygen atoms in total. The van der Waals surface area contributed by atoms with Gasteiger partial charge in [0.05, 0.1) is 16.8 Å². The number of aromatic nitrogens is 2. The molecule has 6 aromatic carbocycles. The number of hydrogen-bond acceptors (Lipinski definition) is 2. The summed E-state index contributed by atoms with van der Waals surface area (Å²) >= 11 is 0. The highest BCUT2D eigenvalue weighted by Gasteiger charge is 2.51. The summed E-state index contributed by atoms with van der Waals surface area (Å²) in [6.45, 7) is 0. The fourth-order valence-electron chi connectivity index (χ4n) is 7.33. The van der Waals surface area contributed by atoms with Gasteiger partial charge in [0, 0.05) is 11.1 Å². The van der Waals surface area contributed by atoms with Crippen LogP contribution in [0.3, 0.4) is 0 Å². The zero-order valence-electron chi connectivity index (χ0n) is 22.3. The predicted molar refractivity (Wildman–Crippen MR) is 167 cm³/mol. The van der Waals surface area contributed by atoms with Crippen molar-refractivity contribution in [2.75, 3.05) is 0 Å². The summed E-state index contributed by atoms with van der Waals surface area (Å²) in [5, 5.41) is 11.9. The number of rotatable bonds is 2. The van der Waals surface area contributed by atoms with Crippen LogP contribution in [-0.4, -0.2) is 10.2 Å². The fraction of sp³-hybridized carbons (Fsp3) is 0.0256. The largest absolute Gasteiger partial charge is 0.150 e. The quantitative estimate of drug-likeness (QED) is 0.227. The van der Waals surface area contributed by atoms with Gasteiger partial charge in [-0.05, 0) is 73.5 Å². The number of fused-ring (bicyclic) bond motifs is 11. The first-order valence-corrected chi connectivity index (χ1v) is 14.1. The molecule has 2 heteroatoms. The smallest absolute Gasteiger partial charge is 0.0936 e. The maximum atomic E-state index is 4.76. The van der Waals surface area contributed by atoms with E-state index in [1.54, 1.807) is 0 Å². The fourth-order valence-corrected chi connectivity index (χ4v) is 7.33. The molecule has 0 N–H and O–H groups in total. The molecule has 1 aromatic heterocycles. The first-order valence-electron chi connectivity index (χ1n) is 14.1. The molecule has 0 aliphatic heterocycles. The number of hydrogen-bond donors (Lipinski definition) is 0. The lowest BCUT2D eigenvalue weighted by Gasteiger charge is -2.30. The topological polar surface area (TPSA) is 25.8 Å². The molecule has 1 spiro atoms. The van der Waals surface area contributed by atoms with Crippen LogP contribution in [0, 0.1) is 0 Å². The van der Waals surface area contributed by atoms with Crippen LogP contribution >= 0.6 is 0 Å². The van der Waals surface area contributed by atoms with E-state index < -0.39 is 0 Å². The molecule has 190 valence electrons. The highest BCUT2D eigenvalue weighted by Crippen LogP contribution is 2.62. The summed E-state index contributed by atoms with van der Waals surface area (Å²) in [6.07, 6.45) is 0. The average molecular weight is 521 g/mol. The summed E-state index contributed by atoms with van der Waals surface area (Å²) in [4.78, 5) is 0. The summed E-state index contributed by atoms with van der Waals surface area (Å²) < 4.78 is 0. The molecular formula is C39H24N2. The van der Waals surface area contributed by atoms with Crippen molar-refractivity contribution < 1.29 is 0 Å². The molecule has 2 aliphatic rings. The van der Waals surface area contributed by atoms with Crippen molar-refractivity contribution in [2.24, 2.45) is 0 Å². The van der Waals surface area contributed by atoms with E-state index in [0.717, 1.165) is 22.5 Å². The normalized spacial score (nSPS) is 13.6. The van der Waals surface area contributed by atoms with Gasteiger partial charge in [-0.2, -0.15) is 0 Å². The summed E-state index contributed by atoms with van der Waals surface area (Å²) in [5.41, 5.74) is 14.2. The Morgan fingerprint density at radius 1 is 0.366 bits per heavy atom. The van der Waals surface area contributed by atoms with Crippen LogP contribution in [0.1, 0.15) is 22.3 Å². The molecule has 2 aliphatic carbocycles. The SMILES string of the molecule is c1ccc2c(c1)-c1ccccc1C21c2ccccc2-c2ccc(-c3ccc(-c4cccc5ccccc45)nn3)cc21. The molecule has 0 saturated heterocycles. The second-order valence-corrected chi connectivity index (χ2v) is 11.0. The molecule has 0 radical (unpaired) electrons. The zero-order chi connectivity index (χ0) is 27.0.